The topological polar surface area (TPSA) is 26.0 Å². The van der Waals surface area contributed by atoms with Crippen molar-refractivity contribution in [2.24, 2.45) is 11.7 Å². The van der Waals surface area contributed by atoms with Crippen molar-refractivity contribution in [2.75, 3.05) is 0 Å². The van der Waals surface area contributed by atoms with Crippen molar-refractivity contribution in [2.45, 2.75) is 39.2 Å². The van der Waals surface area contributed by atoms with E-state index in [1.807, 2.05) is 0 Å². The third kappa shape index (κ3) is 2.64. The van der Waals surface area contributed by atoms with E-state index in [0.29, 0.717) is 5.92 Å². The standard InChI is InChI=1S/C19H23N/c1-13(2)11-14-3-5-15(6-4-14)16-7-9-18-17(12-16)8-10-19(18)20/h3-7,9,12-13,19H,8,10-11,20H2,1-2H3. The number of hydrogen-bond acceptors (Lipinski definition) is 1. The van der Waals surface area contributed by atoms with Gasteiger partial charge in [-0.15, -0.1) is 0 Å². The number of aryl methyl sites for hydroxylation is 1. The fourth-order valence-electron chi connectivity index (χ4n) is 3.13. The summed E-state index contributed by atoms with van der Waals surface area (Å²) in [4.78, 5) is 0. The third-order valence-electron chi connectivity index (χ3n) is 4.20. The van der Waals surface area contributed by atoms with Crippen LogP contribution in [0.15, 0.2) is 42.5 Å². The fourth-order valence-corrected chi connectivity index (χ4v) is 3.13. The second-order valence-electron chi connectivity index (χ2n) is 6.35. The highest BCUT2D eigenvalue weighted by Crippen LogP contribution is 2.32. The van der Waals surface area contributed by atoms with E-state index in [-0.39, 0.29) is 6.04 Å². The van der Waals surface area contributed by atoms with Crippen LogP contribution in [0.4, 0.5) is 0 Å². The van der Waals surface area contributed by atoms with Gasteiger partial charge in [0.15, 0.2) is 0 Å². The molecule has 0 bridgehead atoms. The zero-order chi connectivity index (χ0) is 14.1. The van der Waals surface area contributed by atoms with Crippen LogP contribution in [0.3, 0.4) is 0 Å². The molecule has 3 rings (SSSR count). The highest BCUT2D eigenvalue weighted by Gasteiger charge is 2.18. The molecule has 0 aliphatic heterocycles. The zero-order valence-electron chi connectivity index (χ0n) is 12.4. The highest BCUT2D eigenvalue weighted by atomic mass is 14.6. The van der Waals surface area contributed by atoms with Crippen LogP contribution in [0.2, 0.25) is 0 Å². The van der Waals surface area contributed by atoms with Crippen molar-refractivity contribution >= 4 is 0 Å². The molecule has 20 heavy (non-hydrogen) atoms. The first-order valence-electron chi connectivity index (χ1n) is 7.61. The lowest BCUT2D eigenvalue weighted by Crippen LogP contribution is -2.04. The monoisotopic (exact) mass is 265 g/mol. The van der Waals surface area contributed by atoms with Gasteiger partial charge in [-0.1, -0.05) is 56.3 Å². The molecule has 1 nitrogen and oxygen atoms in total. The molecule has 0 aromatic heterocycles. The number of benzene rings is 2. The Hall–Kier alpha value is -1.60. The molecular weight excluding hydrogens is 242 g/mol. The second kappa shape index (κ2) is 5.41. The maximum absolute atomic E-state index is 6.10. The molecule has 0 radical (unpaired) electrons. The smallest absolute Gasteiger partial charge is 0.0300 e. The molecule has 0 saturated heterocycles. The fraction of sp³-hybridized carbons (Fsp3) is 0.368. The van der Waals surface area contributed by atoms with Gasteiger partial charge in [-0.05, 0) is 53.0 Å². The molecule has 2 N–H and O–H groups in total. The number of nitrogens with two attached hydrogens (primary N) is 1. The van der Waals surface area contributed by atoms with E-state index in [2.05, 4.69) is 56.3 Å². The largest absolute Gasteiger partial charge is 0.324 e. The molecule has 0 fully saturated rings. The Labute approximate surface area is 121 Å². The summed E-state index contributed by atoms with van der Waals surface area (Å²) in [6, 6.07) is 16.0. The minimum absolute atomic E-state index is 0.243. The maximum atomic E-state index is 6.10. The molecule has 1 atom stereocenters. The minimum atomic E-state index is 0.243. The third-order valence-corrected chi connectivity index (χ3v) is 4.20. The number of rotatable bonds is 3. The van der Waals surface area contributed by atoms with Crippen molar-refractivity contribution in [1.29, 1.82) is 0 Å². The summed E-state index contributed by atoms with van der Waals surface area (Å²) >= 11 is 0. The summed E-state index contributed by atoms with van der Waals surface area (Å²) in [5.74, 6) is 0.710. The Morgan fingerprint density at radius 3 is 2.45 bits per heavy atom. The van der Waals surface area contributed by atoms with E-state index < -0.39 is 0 Å². The van der Waals surface area contributed by atoms with E-state index in [9.17, 15) is 0 Å². The van der Waals surface area contributed by atoms with Crippen LogP contribution in [0.5, 0.6) is 0 Å². The second-order valence-corrected chi connectivity index (χ2v) is 6.35. The van der Waals surface area contributed by atoms with Gasteiger partial charge in [0.25, 0.3) is 0 Å². The van der Waals surface area contributed by atoms with Gasteiger partial charge in [-0.3, -0.25) is 0 Å². The van der Waals surface area contributed by atoms with Crippen molar-refractivity contribution in [1.82, 2.24) is 0 Å². The molecule has 104 valence electrons. The normalized spacial score (nSPS) is 17.5. The lowest BCUT2D eigenvalue weighted by molar-refractivity contribution is 0.647. The van der Waals surface area contributed by atoms with Crippen molar-refractivity contribution < 1.29 is 0 Å². The molecular formula is C19H23N. The Kier molecular flexibility index (Phi) is 3.62. The van der Waals surface area contributed by atoms with Gasteiger partial charge < -0.3 is 5.73 Å². The molecule has 1 unspecified atom stereocenters. The predicted octanol–water partition coefficient (Wildman–Crippen LogP) is 4.50. The van der Waals surface area contributed by atoms with Gasteiger partial charge in [0.05, 0.1) is 0 Å². The molecule has 0 heterocycles. The lowest BCUT2D eigenvalue weighted by Gasteiger charge is -2.09. The van der Waals surface area contributed by atoms with Crippen LogP contribution in [0, 0.1) is 5.92 Å². The van der Waals surface area contributed by atoms with Crippen LogP contribution in [-0.4, -0.2) is 0 Å². The Bertz CT molecular complexity index is 596. The van der Waals surface area contributed by atoms with Gasteiger partial charge in [0, 0.05) is 6.04 Å². The molecule has 0 spiro atoms. The summed E-state index contributed by atoms with van der Waals surface area (Å²) in [5.41, 5.74) is 12.9. The zero-order valence-corrected chi connectivity index (χ0v) is 12.4. The molecule has 0 saturated carbocycles. The van der Waals surface area contributed by atoms with E-state index in [4.69, 9.17) is 5.73 Å². The van der Waals surface area contributed by atoms with Crippen LogP contribution < -0.4 is 5.73 Å². The Morgan fingerprint density at radius 1 is 1.05 bits per heavy atom. The van der Waals surface area contributed by atoms with Gasteiger partial charge in [0.2, 0.25) is 0 Å². The van der Waals surface area contributed by atoms with Crippen molar-refractivity contribution in [3.8, 4) is 11.1 Å². The molecule has 1 aliphatic carbocycles. The SMILES string of the molecule is CC(C)Cc1ccc(-c2ccc3c(c2)CCC3N)cc1. The first kappa shape index (κ1) is 13.4. The first-order chi connectivity index (χ1) is 9.63. The minimum Gasteiger partial charge on any atom is -0.324 e. The molecule has 1 aliphatic rings. The molecule has 1 heteroatoms. The van der Waals surface area contributed by atoms with E-state index in [0.717, 1.165) is 19.3 Å². The Morgan fingerprint density at radius 2 is 1.75 bits per heavy atom. The Balaban J connectivity index is 1.86. The van der Waals surface area contributed by atoms with Crippen LogP contribution in [0.25, 0.3) is 11.1 Å². The van der Waals surface area contributed by atoms with Crippen molar-refractivity contribution in [3.63, 3.8) is 0 Å². The summed E-state index contributed by atoms with van der Waals surface area (Å²) in [6.07, 6.45) is 3.36. The van der Waals surface area contributed by atoms with Gasteiger partial charge in [0.1, 0.15) is 0 Å². The predicted molar refractivity (Wildman–Crippen MR) is 85.7 cm³/mol. The highest BCUT2D eigenvalue weighted by molar-refractivity contribution is 5.65. The van der Waals surface area contributed by atoms with E-state index >= 15 is 0 Å². The van der Waals surface area contributed by atoms with Gasteiger partial charge in [-0.25, -0.2) is 0 Å². The summed E-state index contributed by atoms with van der Waals surface area (Å²) in [5, 5.41) is 0. The van der Waals surface area contributed by atoms with Crippen LogP contribution in [-0.2, 0) is 12.8 Å². The van der Waals surface area contributed by atoms with Gasteiger partial charge >= 0.3 is 0 Å². The number of hydrogen-bond donors (Lipinski definition) is 1. The number of fused-ring (bicyclic) bond motifs is 1. The molecule has 2 aromatic carbocycles. The quantitative estimate of drug-likeness (QED) is 0.869. The van der Waals surface area contributed by atoms with E-state index in [1.54, 1.807) is 0 Å². The maximum Gasteiger partial charge on any atom is 0.0300 e. The van der Waals surface area contributed by atoms with Crippen LogP contribution >= 0.6 is 0 Å². The van der Waals surface area contributed by atoms with Crippen LogP contribution in [0.1, 0.15) is 43.0 Å². The van der Waals surface area contributed by atoms with Gasteiger partial charge in [-0.2, -0.15) is 0 Å². The summed E-state index contributed by atoms with van der Waals surface area (Å²) in [6.45, 7) is 4.52. The average molecular weight is 265 g/mol. The van der Waals surface area contributed by atoms with E-state index in [1.165, 1.54) is 27.8 Å². The molecule has 0 amide bonds. The first-order valence-corrected chi connectivity index (χ1v) is 7.61. The summed E-state index contributed by atoms with van der Waals surface area (Å²) < 4.78 is 0. The lowest BCUT2D eigenvalue weighted by atomic mass is 9.97. The average Bonchev–Trinajstić information content (AvgIpc) is 2.80. The summed E-state index contributed by atoms with van der Waals surface area (Å²) in [7, 11) is 0. The van der Waals surface area contributed by atoms with Crippen molar-refractivity contribution in [3.05, 3.63) is 59.2 Å². The molecule has 2 aromatic rings.